The molecular weight excluding hydrogens is 1030 g/mol. The Morgan fingerprint density at radius 1 is 0.444 bits per heavy atom. The fraction of sp³-hybridized carbons (Fsp3) is 0.896. The molecule has 0 saturated carbocycles. The summed E-state index contributed by atoms with van der Waals surface area (Å²) in [5.74, 6) is -0.216. The van der Waals surface area contributed by atoms with Gasteiger partial charge < -0.3 is 65.1 Å². The van der Waals surface area contributed by atoms with E-state index in [4.69, 9.17) is 18.9 Å². The Labute approximate surface area is 493 Å². The van der Waals surface area contributed by atoms with Crippen LogP contribution >= 0.6 is 0 Å². The first-order valence-electron chi connectivity index (χ1n) is 33.7. The van der Waals surface area contributed by atoms with Crippen molar-refractivity contribution >= 4 is 5.91 Å². The van der Waals surface area contributed by atoms with E-state index in [2.05, 4.69) is 55.6 Å². The lowest BCUT2D eigenvalue weighted by Gasteiger charge is -2.46. The van der Waals surface area contributed by atoms with E-state index in [0.29, 0.717) is 19.3 Å². The summed E-state index contributed by atoms with van der Waals surface area (Å²) in [6.07, 6.45) is 48.6. The number of amides is 1. The van der Waals surface area contributed by atoms with Crippen LogP contribution in [0.5, 0.6) is 0 Å². The lowest BCUT2D eigenvalue weighted by atomic mass is 9.97. The van der Waals surface area contributed by atoms with Gasteiger partial charge in [0.15, 0.2) is 12.6 Å². The van der Waals surface area contributed by atoms with Gasteiger partial charge in [-0.3, -0.25) is 4.79 Å². The van der Waals surface area contributed by atoms with Gasteiger partial charge in [0.1, 0.15) is 48.8 Å². The highest BCUT2D eigenvalue weighted by molar-refractivity contribution is 5.76. The molecule has 81 heavy (non-hydrogen) atoms. The number of allylic oxidation sites excluding steroid dienone is 6. The lowest BCUT2D eigenvalue weighted by molar-refractivity contribution is -0.359. The maximum Gasteiger partial charge on any atom is 0.220 e. The Bertz CT molecular complexity index is 1500. The molecule has 0 bridgehead atoms. The molecular formula is C67H125NO13. The van der Waals surface area contributed by atoms with E-state index in [1.54, 1.807) is 0 Å². The van der Waals surface area contributed by atoms with E-state index in [0.717, 1.165) is 77.0 Å². The summed E-state index contributed by atoms with van der Waals surface area (Å²) in [6.45, 7) is 2.88. The first kappa shape index (κ1) is 75.3. The van der Waals surface area contributed by atoms with Gasteiger partial charge in [-0.05, 0) is 51.4 Å². The second-order valence-electron chi connectivity index (χ2n) is 24.0. The second kappa shape index (κ2) is 52.5. The zero-order valence-electron chi connectivity index (χ0n) is 51.5. The third-order valence-electron chi connectivity index (χ3n) is 16.6. The number of unbranched alkanes of at least 4 members (excludes halogenated alkanes) is 36. The zero-order valence-corrected chi connectivity index (χ0v) is 51.5. The number of nitrogens with one attached hydrogen (secondary N) is 1. The summed E-state index contributed by atoms with van der Waals surface area (Å²) in [6, 6.07) is -0.837. The molecule has 0 aromatic heterocycles. The van der Waals surface area contributed by atoms with E-state index in [1.807, 2.05) is 0 Å². The maximum atomic E-state index is 13.3. The van der Waals surface area contributed by atoms with Crippen molar-refractivity contribution in [2.45, 2.75) is 364 Å². The molecule has 2 heterocycles. The summed E-state index contributed by atoms with van der Waals surface area (Å²) >= 11 is 0. The maximum absolute atomic E-state index is 13.3. The Morgan fingerprint density at radius 3 is 1.25 bits per heavy atom. The average molecular weight is 1150 g/mol. The molecule has 12 unspecified atom stereocenters. The fourth-order valence-corrected chi connectivity index (χ4v) is 11.2. The van der Waals surface area contributed by atoms with Crippen LogP contribution in [0.25, 0.3) is 0 Å². The summed E-state index contributed by atoms with van der Waals surface area (Å²) in [4.78, 5) is 13.3. The van der Waals surface area contributed by atoms with Crippen molar-refractivity contribution < 1.29 is 64.6 Å². The van der Waals surface area contributed by atoms with Gasteiger partial charge in [0.2, 0.25) is 5.91 Å². The van der Waals surface area contributed by atoms with Gasteiger partial charge in [0.25, 0.3) is 0 Å². The fourth-order valence-electron chi connectivity index (χ4n) is 11.2. The minimum absolute atomic E-state index is 0.216. The molecule has 2 aliphatic rings. The standard InChI is InChI=1S/C67H125NO13/c1-3-5-7-9-11-13-15-17-19-21-23-25-26-27-28-29-31-32-34-36-38-40-42-44-46-48-50-56(71)55(54-78-66-64(77)62(75)65(58(53-70)80-66)81-67-63(76)61(74)60(73)57(52-69)79-67)68-59(72)51-49-47-45-43-41-39-37-35-33-30-24-22-20-18-16-14-12-10-8-6-4-2/h16,18,22,24,33,35,55-58,60-67,69-71,73-77H,3-15,17,19-21,23,25-32,34,36-54H2,1-2H3,(H,68,72)/b18-16-,24-22-,35-33-. The summed E-state index contributed by atoms with van der Waals surface area (Å²) < 4.78 is 22.9. The number of carbonyl (C=O) groups is 1. The van der Waals surface area contributed by atoms with E-state index in [9.17, 15) is 45.6 Å². The third-order valence-corrected chi connectivity index (χ3v) is 16.6. The molecule has 0 radical (unpaired) electrons. The predicted molar refractivity (Wildman–Crippen MR) is 328 cm³/mol. The Balaban J connectivity index is 1.70. The highest BCUT2D eigenvalue weighted by Crippen LogP contribution is 2.30. The number of hydrogen-bond donors (Lipinski definition) is 9. The van der Waals surface area contributed by atoms with Crippen molar-refractivity contribution in [3.05, 3.63) is 36.5 Å². The number of carbonyl (C=O) groups excluding carboxylic acids is 1. The minimum Gasteiger partial charge on any atom is -0.394 e. The number of rotatable bonds is 55. The quantitative estimate of drug-likeness (QED) is 0.0204. The van der Waals surface area contributed by atoms with E-state index >= 15 is 0 Å². The number of ether oxygens (including phenoxy) is 4. The van der Waals surface area contributed by atoms with Gasteiger partial charge >= 0.3 is 0 Å². The van der Waals surface area contributed by atoms with Gasteiger partial charge in [-0.2, -0.15) is 0 Å². The molecule has 2 fully saturated rings. The molecule has 0 aromatic carbocycles. The topological polar surface area (TPSA) is 228 Å². The average Bonchev–Trinajstić information content (AvgIpc) is 3.47. The Hall–Kier alpha value is -1.79. The Kier molecular flexibility index (Phi) is 48.8. The van der Waals surface area contributed by atoms with Gasteiger partial charge in [0, 0.05) is 6.42 Å². The molecule has 1 amide bonds. The van der Waals surface area contributed by atoms with E-state index in [-0.39, 0.29) is 12.5 Å². The molecule has 0 aliphatic carbocycles. The minimum atomic E-state index is -1.78. The monoisotopic (exact) mass is 1150 g/mol. The molecule has 2 saturated heterocycles. The van der Waals surface area contributed by atoms with Crippen LogP contribution in [-0.2, 0) is 23.7 Å². The van der Waals surface area contributed by atoms with Crippen molar-refractivity contribution in [3.63, 3.8) is 0 Å². The van der Waals surface area contributed by atoms with Gasteiger partial charge in [0.05, 0.1) is 32.0 Å². The molecule has 12 atom stereocenters. The Morgan fingerprint density at radius 2 is 0.815 bits per heavy atom. The molecule has 476 valence electrons. The van der Waals surface area contributed by atoms with Crippen LogP contribution < -0.4 is 5.32 Å². The summed E-state index contributed by atoms with van der Waals surface area (Å²) in [5.41, 5.74) is 0. The van der Waals surface area contributed by atoms with Crippen LogP contribution in [0.2, 0.25) is 0 Å². The molecule has 2 aliphatic heterocycles. The van der Waals surface area contributed by atoms with Gasteiger partial charge in [-0.1, -0.05) is 269 Å². The summed E-state index contributed by atoms with van der Waals surface area (Å²) in [7, 11) is 0. The third kappa shape index (κ3) is 37.4. The molecule has 0 aromatic rings. The van der Waals surface area contributed by atoms with Crippen LogP contribution in [-0.4, -0.2) is 140 Å². The van der Waals surface area contributed by atoms with E-state index in [1.165, 1.54) is 180 Å². The SMILES string of the molecule is CCCCCCC/C=C\C/C=C\C/C=C\CCCCCCCCC(=O)NC(COC1OC(CO)C(OC2OC(CO)C(O)C(O)C2O)C(O)C1O)C(O)CCCCCCCCCCCCCCCCCCCCCCCCCCCC. The van der Waals surface area contributed by atoms with Crippen LogP contribution in [0.1, 0.15) is 290 Å². The predicted octanol–water partition coefficient (Wildman–Crippen LogP) is 13.0. The highest BCUT2D eigenvalue weighted by atomic mass is 16.7. The van der Waals surface area contributed by atoms with Crippen molar-refractivity contribution in [3.8, 4) is 0 Å². The number of aliphatic hydroxyl groups is 8. The smallest absolute Gasteiger partial charge is 0.220 e. The van der Waals surface area contributed by atoms with Crippen LogP contribution in [0, 0.1) is 0 Å². The van der Waals surface area contributed by atoms with Crippen molar-refractivity contribution in [2.75, 3.05) is 19.8 Å². The largest absolute Gasteiger partial charge is 0.394 e. The van der Waals surface area contributed by atoms with Crippen molar-refractivity contribution in [2.24, 2.45) is 0 Å². The van der Waals surface area contributed by atoms with Crippen LogP contribution in [0.4, 0.5) is 0 Å². The molecule has 9 N–H and O–H groups in total. The van der Waals surface area contributed by atoms with Crippen molar-refractivity contribution in [1.82, 2.24) is 5.32 Å². The molecule has 14 nitrogen and oxygen atoms in total. The first-order chi connectivity index (χ1) is 39.6. The lowest BCUT2D eigenvalue weighted by Crippen LogP contribution is -2.65. The normalized spacial score (nSPS) is 24.3. The van der Waals surface area contributed by atoms with Gasteiger partial charge in [-0.25, -0.2) is 0 Å². The number of hydrogen-bond acceptors (Lipinski definition) is 13. The highest BCUT2D eigenvalue weighted by Gasteiger charge is 2.51. The summed E-state index contributed by atoms with van der Waals surface area (Å²) in [5, 5.41) is 87.5. The van der Waals surface area contributed by atoms with Crippen LogP contribution in [0.15, 0.2) is 36.5 Å². The van der Waals surface area contributed by atoms with Crippen LogP contribution in [0.3, 0.4) is 0 Å². The first-order valence-corrected chi connectivity index (χ1v) is 33.7. The molecule has 0 spiro atoms. The molecule has 2 rings (SSSR count). The molecule has 14 heteroatoms. The van der Waals surface area contributed by atoms with E-state index < -0.39 is 86.8 Å². The van der Waals surface area contributed by atoms with Gasteiger partial charge in [-0.15, -0.1) is 0 Å². The van der Waals surface area contributed by atoms with Crippen molar-refractivity contribution in [1.29, 1.82) is 0 Å². The number of aliphatic hydroxyl groups excluding tert-OH is 8. The second-order valence-corrected chi connectivity index (χ2v) is 24.0. The zero-order chi connectivity index (χ0) is 58.8.